The van der Waals surface area contributed by atoms with E-state index >= 15 is 0 Å². The lowest BCUT2D eigenvalue weighted by atomic mass is 10.2. The molecule has 1 rings (SSSR count). The van der Waals surface area contributed by atoms with Crippen LogP contribution in [0.1, 0.15) is 5.56 Å². The molecule has 0 unspecified atom stereocenters. The lowest BCUT2D eigenvalue weighted by molar-refractivity contribution is 0.414. The van der Waals surface area contributed by atoms with Gasteiger partial charge in [0.25, 0.3) is 0 Å². The largest absolute Gasteiger partial charge is 0.497 e. The van der Waals surface area contributed by atoms with Gasteiger partial charge in [-0.3, -0.25) is 0 Å². The Bertz CT molecular complexity index is 181. The molecule has 0 aliphatic carbocycles. The number of hydrogen-bond donors (Lipinski definition) is 1. The van der Waals surface area contributed by atoms with Crippen molar-refractivity contribution in [2.45, 2.75) is 6.92 Å². The molecular weight excluding hydrogens is 126 g/mol. The van der Waals surface area contributed by atoms with E-state index in [9.17, 15) is 0 Å². The molecular formula is C8H13NO. The van der Waals surface area contributed by atoms with Crippen molar-refractivity contribution < 1.29 is 4.74 Å². The van der Waals surface area contributed by atoms with Crippen LogP contribution in [0.5, 0.6) is 5.75 Å². The zero-order valence-electron chi connectivity index (χ0n) is 6.42. The number of methoxy groups -OCH3 is 1. The third kappa shape index (κ3) is 2.07. The van der Waals surface area contributed by atoms with E-state index in [0.717, 1.165) is 5.75 Å². The third-order valence-corrected chi connectivity index (χ3v) is 1.26. The van der Waals surface area contributed by atoms with Crippen LogP contribution in [0.15, 0.2) is 24.3 Å². The highest BCUT2D eigenvalue weighted by molar-refractivity contribution is 5.25. The molecule has 2 heteroatoms. The predicted molar refractivity (Wildman–Crippen MR) is 42.8 cm³/mol. The number of benzene rings is 1. The number of hydrogen-bond acceptors (Lipinski definition) is 2. The molecule has 0 aromatic heterocycles. The van der Waals surface area contributed by atoms with E-state index in [1.165, 1.54) is 5.56 Å². The van der Waals surface area contributed by atoms with E-state index in [2.05, 4.69) is 6.92 Å². The highest BCUT2D eigenvalue weighted by Gasteiger charge is 1.85. The molecule has 1 aromatic rings. The Labute approximate surface area is 61.4 Å². The van der Waals surface area contributed by atoms with Crippen LogP contribution in [0.2, 0.25) is 0 Å². The Balaban J connectivity index is 0.000000810. The maximum atomic E-state index is 4.97. The molecule has 0 atom stereocenters. The van der Waals surface area contributed by atoms with E-state index in [1.54, 1.807) is 7.11 Å². The summed E-state index contributed by atoms with van der Waals surface area (Å²) in [5.41, 5.74) is 1.26. The zero-order chi connectivity index (χ0) is 6.69. The molecule has 0 spiro atoms. The Morgan fingerprint density at radius 3 is 2.00 bits per heavy atom. The fourth-order valence-corrected chi connectivity index (χ4v) is 0.674. The van der Waals surface area contributed by atoms with Crippen LogP contribution < -0.4 is 10.9 Å². The van der Waals surface area contributed by atoms with E-state index < -0.39 is 0 Å². The van der Waals surface area contributed by atoms with Crippen molar-refractivity contribution in [3.63, 3.8) is 0 Å². The topological polar surface area (TPSA) is 44.2 Å². The summed E-state index contributed by atoms with van der Waals surface area (Å²) < 4.78 is 4.97. The van der Waals surface area contributed by atoms with Crippen LogP contribution in [-0.4, -0.2) is 7.11 Å². The lowest BCUT2D eigenvalue weighted by Gasteiger charge is -1.97. The van der Waals surface area contributed by atoms with Gasteiger partial charge < -0.3 is 10.9 Å². The summed E-state index contributed by atoms with van der Waals surface area (Å²) in [6, 6.07) is 7.96. The molecule has 0 aliphatic heterocycles. The first-order chi connectivity index (χ1) is 4.33. The normalized spacial score (nSPS) is 8.20. The summed E-state index contributed by atoms with van der Waals surface area (Å²) in [6.07, 6.45) is 0. The zero-order valence-corrected chi connectivity index (χ0v) is 6.42. The Hall–Kier alpha value is -1.02. The minimum absolute atomic E-state index is 0. The second kappa shape index (κ2) is 3.90. The summed E-state index contributed by atoms with van der Waals surface area (Å²) in [4.78, 5) is 0. The second-order valence-corrected chi connectivity index (χ2v) is 2.02. The van der Waals surface area contributed by atoms with Gasteiger partial charge in [0.1, 0.15) is 5.75 Å². The van der Waals surface area contributed by atoms with Crippen molar-refractivity contribution in [2.75, 3.05) is 7.11 Å². The van der Waals surface area contributed by atoms with Crippen molar-refractivity contribution in [1.29, 1.82) is 0 Å². The van der Waals surface area contributed by atoms with Gasteiger partial charge in [-0.2, -0.15) is 0 Å². The first-order valence-electron chi connectivity index (χ1n) is 2.93. The fourth-order valence-electron chi connectivity index (χ4n) is 0.674. The molecule has 0 heterocycles. The van der Waals surface area contributed by atoms with Crippen LogP contribution in [0, 0.1) is 6.92 Å². The minimum atomic E-state index is 0. The third-order valence-electron chi connectivity index (χ3n) is 1.26. The van der Waals surface area contributed by atoms with E-state index in [4.69, 9.17) is 4.74 Å². The van der Waals surface area contributed by atoms with Gasteiger partial charge in [0, 0.05) is 0 Å². The highest BCUT2D eigenvalue weighted by atomic mass is 16.5. The first kappa shape index (κ1) is 8.98. The van der Waals surface area contributed by atoms with Gasteiger partial charge in [-0.05, 0) is 19.1 Å². The molecule has 0 radical (unpaired) electrons. The monoisotopic (exact) mass is 139 g/mol. The molecule has 0 aliphatic rings. The van der Waals surface area contributed by atoms with Gasteiger partial charge in [0.15, 0.2) is 0 Å². The quantitative estimate of drug-likeness (QED) is 0.648. The van der Waals surface area contributed by atoms with E-state index in [0.29, 0.717) is 0 Å². The summed E-state index contributed by atoms with van der Waals surface area (Å²) in [6.45, 7) is 2.06. The maximum absolute atomic E-state index is 4.97. The predicted octanol–water partition coefficient (Wildman–Crippen LogP) is 2.17. The van der Waals surface area contributed by atoms with Crippen molar-refractivity contribution in [2.24, 2.45) is 0 Å². The van der Waals surface area contributed by atoms with Gasteiger partial charge in [-0.1, -0.05) is 17.7 Å². The lowest BCUT2D eigenvalue weighted by Crippen LogP contribution is -1.80. The molecule has 10 heavy (non-hydrogen) atoms. The summed E-state index contributed by atoms with van der Waals surface area (Å²) in [5.74, 6) is 0.917. The smallest absolute Gasteiger partial charge is 0.118 e. The van der Waals surface area contributed by atoms with Gasteiger partial charge in [0.05, 0.1) is 7.11 Å². The average molecular weight is 139 g/mol. The Morgan fingerprint density at radius 1 is 1.10 bits per heavy atom. The van der Waals surface area contributed by atoms with E-state index in [-0.39, 0.29) is 6.15 Å². The van der Waals surface area contributed by atoms with Crippen molar-refractivity contribution in [3.8, 4) is 5.75 Å². The van der Waals surface area contributed by atoms with Gasteiger partial charge >= 0.3 is 0 Å². The molecule has 0 saturated carbocycles. The first-order valence-corrected chi connectivity index (χ1v) is 2.93. The van der Waals surface area contributed by atoms with E-state index in [1.807, 2.05) is 24.3 Å². The Morgan fingerprint density at radius 2 is 1.60 bits per heavy atom. The van der Waals surface area contributed by atoms with Gasteiger partial charge in [-0.25, -0.2) is 0 Å². The molecule has 1 aromatic carbocycles. The molecule has 0 bridgehead atoms. The highest BCUT2D eigenvalue weighted by Crippen LogP contribution is 2.09. The molecule has 56 valence electrons. The van der Waals surface area contributed by atoms with Crippen LogP contribution in [0.4, 0.5) is 0 Å². The number of ether oxygens (including phenoxy) is 1. The molecule has 2 nitrogen and oxygen atoms in total. The van der Waals surface area contributed by atoms with Crippen LogP contribution in [0.25, 0.3) is 0 Å². The second-order valence-electron chi connectivity index (χ2n) is 2.02. The minimum Gasteiger partial charge on any atom is -0.497 e. The van der Waals surface area contributed by atoms with Crippen molar-refractivity contribution in [3.05, 3.63) is 29.8 Å². The number of rotatable bonds is 1. The number of aryl methyl sites for hydroxylation is 1. The SMILES string of the molecule is COc1ccc(C)cc1.N. The van der Waals surface area contributed by atoms with Crippen molar-refractivity contribution >= 4 is 0 Å². The standard InChI is InChI=1S/C8H10O.H3N/c1-7-3-5-8(9-2)6-4-7;/h3-6H,1-2H3;1H3. The fraction of sp³-hybridized carbons (Fsp3) is 0.250. The molecule has 0 fully saturated rings. The van der Waals surface area contributed by atoms with Crippen molar-refractivity contribution in [1.82, 2.24) is 6.15 Å². The van der Waals surface area contributed by atoms with Gasteiger partial charge in [-0.15, -0.1) is 0 Å². The maximum Gasteiger partial charge on any atom is 0.118 e. The van der Waals surface area contributed by atoms with Crippen LogP contribution in [0.3, 0.4) is 0 Å². The van der Waals surface area contributed by atoms with Crippen LogP contribution >= 0.6 is 0 Å². The summed E-state index contributed by atoms with van der Waals surface area (Å²) in [5, 5.41) is 0. The molecule has 3 N–H and O–H groups in total. The van der Waals surface area contributed by atoms with Crippen LogP contribution in [-0.2, 0) is 0 Å². The summed E-state index contributed by atoms with van der Waals surface area (Å²) >= 11 is 0. The van der Waals surface area contributed by atoms with Gasteiger partial charge in [0.2, 0.25) is 0 Å². The molecule has 0 amide bonds. The average Bonchev–Trinajstić information content (AvgIpc) is 1.90. The summed E-state index contributed by atoms with van der Waals surface area (Å²) in [7, 11) is 1.67. The molecule has 0 saturated heterocycles. The Kier molecular flexibility index (Phi) is 3.51.